The molecule has 0 spiro atoms. The number of carbonyl (C=O) groups excluding carboxylic acids is 1. The quantitative estimate of drug-likeness (QED) is 0.637. The van der Waals surface area contributed by atoms with Crippen molar-refractivity contribution in [2.75, 3.05) is 6.26 Å². The first-order valence-electron chi connectivity index (χ1n) is 5.59. The van der Waals surface area contributed by atoms with Crippen LogP contribution in [-0.2, 0) is 20.2 Å². The van der Waals surface area contributed by atoms with Crippen molar-refractivity contribution in [3.8, 4) is 0 Å². The molecule has 7 heteroatoms. The summed E-state index contributed by atoms with van der Waals surface area (Å²) in [7, 11) is -3.74. The molecule has 0 aliphatic heterocycles. The third-order valence-electron chi connectivity index (χ3n) is 3.35. The number of hydrogen-bond donors (Lipinski definition) is 0. The maximum atomic E-state index is 13.9. The first-order valence-corrected chi connectivity index (χ1v) is 7.86. The van der Waals surface area contributed by atoms with Gasteiger partial charge in [-0.2, -0.15) is 4.99 Å². The highest BCUT2D eigenvalue weighted by Crippen LogP contribution is 2.46. The van der Waals surface area contributed by atoms with E-state index in [4.69, 9.17) is 11.6 Å². The maximum Gasteiger partial charge on any atom is 0.235 e. The predicted molar refractivity (Wildman–Crippen MR) is 68.2 cm³/mol. The molecule has 1 aromatic rings. The first kappa shape index (κ1) is 14.2. The number of nitrogens with zero attached hydrogens (tertiary/aromatic N) is 1. The second-order valence-electron chi connectivity index (χ2n) is 4.63. The lowest BCUT2D eigenvalue weighted by atomic mass is 9.72. The van der Waals surface area contributed by atoms with Crippen molar-refractivity contribution in [1.29, 1.82) is 0 Å². The van der Waals surface area contributed by atoms with Gasteiger partial charge in [-0.1, -0.05) is 11.6 Å². The van der Waals surface area contributed by atoms with E-state index in [0.29, 0.717) is 18.4 Å². The summed E-state index contributed by atoms with van der Waals surface area (Å²) in [5.74, 6) is -0.919. The van der Waals surface area contributed by atoms with Crippen molar-refractivity contribution in [2.45, 2.75) is 29.7 Å². The number of isocyanates is 1. The fourth-order valence-corrected chi connectivity index (χ4v) is 3.70. The van der Waals surface area contributed by atoms with Gasteiger partial charge in [0, 0.05) is 6.26 Å². The zero-order chi connectivity index (χ0) is 14.3. The zero-order valence-electron chi connectivity index (χ0n) is 10.1. The van der Waals surface area contributed by atoms with Crippen LogP contribution in [0.4, 0.5) is 4.39 Å². The largest absolute Gasteiger partial charge is 0.235 e. The number of aliphatic imine (C=N–C) groups is 1. The standard InChI is InChI=1S/C12H11ClFNO3S/c1-19(17,18)11-9(13)5-8(6-10(11)14)12(15-7-16)3-2-4-12/h5-6H,2-4H2,1H3. The Hall–Kier alpha value is -1.23. The molecule has 0 aromatic heterocycles. The predicted octanol–water partition coefficient (Wildman–Crippen LogP) is 2.60. The summed E-state index contributed by atoms with van der Waals surface area (Å²) in [6, 6.07) is 2.45. The monoisotopic (exact) mass is 303 g/mol. The normalized spacial score (nSPS) is 17.4. The SMILES string of the molecule is CS(=O)(=O)c1c(F)cc(C2(N=C=O)CCC2)cc1Cl. The summed E-state index contributed by atoms with van der Waals surface area (Å²) < 4.78 is 36.8. The Balaban J connectivity index is 2.61. The molecule has 1 aliphatic carbocycles. The van der Waals surface area contributed by atoms with Gasteiger partial charge in [-0.15, -0.1) is 0 Å². The number of sulfone groups is 1. The van der Waals surface area contributed by atoms with Gasteiger partial charge in [0.15, 0.2) is 9.84 Å². The minimum absolute atomic E-state index is 0.190. The van der Waals surface area contributed by atoms with Gasteiger partial charge in [-0.05, 0) is 37.0 Å². The maximum absolute atomic E-state index is 13.9. The average Bonchev–Trinajstić information content (AvgIpc) is 2.20. The molecule has 1 fully saturated rings. The summed E-state index contributed by atoms with van der Waals surface area (Å²) >= 11 is 5.85. The van der Waals surface area contributed by atoms with Gasteiger partial charge in [0.1, 0.15) is 10.7 Å². The van der Waals surface area contributed by atoms with Crippen molar-refractivity contribution < 1.29 is 17.6 Å². The van der Waals surface area contributed by atoms with Gasteiger partial charge in [0.25, 0.3) is 0 Å². The molecule has 0 saturated heterocycles. The lowest BCUT2D eigenvalue weighted by Crippen LogP contribution is -2.32. The van der Waals surface area contributed by atoms with E-state index in [9.17, 15) is 17.6 Å². The van der Waals surface area contributed by atoms with E-state index in [2.05, 4.69) is 4.99 Å². The number of hydrogen-bond acceptors (Lipinski definition) is 4. The average molecular weight is 304 g/mol. The summed E-state index contributed by atoms with van der Waals surface area (Å²) in [6.45, 7) is 0. The molecule has 0 unspecified atom stereocenters. The van der Waals surface area contributed by atoms with Gasteiger partial charge in [0.05, 0.1) is 10.6 Å². The molecule has 1 saturated carbocycles. The Morgan fingerprint density at radius 3 is 2.42 bits per heavy atom. The van der Waals surface area contributed by atoms with Crippen LogP contribution in [-0.4, -0.2) is 20.8 Å². The van der Waals surface area contributed by atoms with Gasteiger partial charge in [0.2, 0.25) is 6.08 Å². The van der Waals surface area contributed by atoms with Crippen LogP contribution in [0.15, 0.2) is 22.0 Å². The van der Waals surface area contributed by atoms with Crippen molar-refractivity contribution in [2.24, 2.45) is 4.99 Å². The summed E-state index contributed by atoms with van der Waals surface area (Å²) in [5, 5.41) is -0.190. The minimum atomic E-state index is -3.74. The van der Waals surface area contributed by atoms with Crippen molar-refractivity contribution in [3.05, 3.63) is 28.5 Å². The summed E-state index contributed by atoms with van der Waals surface area (Å²) in [6.07, 6.45) is 4.42. The molecule has 1 aromatic carbocycles. The molecule has 4 nitrogen and oxygen atoms in total. The zero-order valence-corrected chi connectivity index (χ0v) is 11.7. The molecule has 1 aliphatic rings. The van der Waals surface area contributed by atoms with Crippen LogP contribution in [0.25, 0.3) is 0 Å². The molecular weight excluding hydrogens is 293 g/mol. The Bertz CT molecular complexity index is 653. The lowest BCUT2D eigenvalue weighted by molar-refractivity contribution is 0.255. The second-order valence-corrected chi connectivity index (χ2v) is 6.99. The smallest absolute Gasteiger partial charge is 0.224 e. The summed E-state index contributed by atoms with van der Waals surface area (Å²) in [4.78, 5) is 13.7. The van der Waals surface area contributed by atoms with Crippen LogP contribution in [0.1, 0.15) is 24.8 Å². The topological polar surface area (TPSA) is 63.6 Å². The van der Waals surface area contributed by atoms with Crippen LogP contribution >= 0.6 is 11.6 Å². The van der Waals surface area contributed by atoms with Gasteiger partial charge in [-0.3, -0.25) is 0 Å². The van der Waals surface area contributed by atoms with E-state index in [1.165, 1.54) is 12.1 Å². The lowest BCUT2D eigenvalue weighted by Gasteiger charge is -2.37. The summed E-state index contributed by atoms with van der Waals surface area (Å²) in [5.41, 5.74) is -0.389. The Morgan fingerprint density at radius 2 is 2.05 bits per heavy atom. The molecule has 0 amide bonds. The highest BCUT2D eigenvalue weighted by Gasteiger charge is 2.40. The van der Waals surface area contributed by atoms with Crippen LogP contribution in [0.2, 0.25) is 5.02 Å². The van der Waals surface area contributed by atoms with E-state index >= 15 is 0 Å². The fourth-order valence-electron chi connectivity index (χ4n) is 2.25. The van der Waals surface area contributed by atoms with Crippen LogP contribution in [0.3, 0.4) is 0 Å². The van der Waals surface area contributed by atoms with Crippen molar-refractivity contribution in [3.63, 3.8) is 0 Å². The third-order valence-corrected chi connectivity index (χ3v) is 4.91. The Kier molecular flexibility index (Phi) is 3.51. The molecule has 0 atom stereocenters. The van der Waals surface area contributed by atoms with Crippen LogP contribution in [0.5, 0.6) is 0 Å². The van der Waals surface area contributed by atoms with Gasteiger partial charge >= 0.3 is 0 Å². The van der Waals surface area contributed by atoms with E-state index in [-0.39, 0.29) is 5.02 Å². The molecule has 0 N–H and O–H groups in total. The van der Waals surface area contributed by atoms with Gasteiger partial charge in [-0.25, -0.2) is 17.6 Å². The van der Waals surface area contributed by atoms with Crippen LogP contribution < -0.4 is 0 Å². The molecule has 2 rings (SSSR count). The molecule has 102 valence electrons. The molecule has 19 heavy (non-hydrogen) atoms. The Labute approximate surface area is 115 Å². The van der Waals surface area contributed by atoms with E-state index in [1.54, 1.807) is 0 Å². The van der Waals surface area contributed by atoms with Crippen molar-refractivity contribution in [1.82, 2.24) is 0 Å². The number of halogens is 2. The Morgan fingerprint density at radius 1 is 1.42 bits per heavy atom. The second kappa shape index (κ2) is 4.71. The molecule has 0 radical (unpaired) electrons. The van der Waals surface area contributed by atoms with Gasteiger partial charge < -0.3 is 0 Å². The highest BCUT2D eigenvalue weighted by atomic mass is 35.5. The molecule has 0 heterocycles. The van der Waals surface area contributed by atoms with Crippen molar-refractivity contribution >= 4 is 27.5 Å². The van der Waals surface area contributed by atoms with E-state index in [0.717, 1.165) is 18.7 Å². The number of rotatable bonds is 3. The number of benzene rings is 1. The fraction of sp³-hybridized carbons (Fsp3) is 0.417. The minimum Gasteiger partial charge on any atom is -0.224 e. The molecule has 0 bridgehead atoms. The van der Waals surface area contributed by atoms with E-state index < -0.39 is 26.1 Å². The third kappa shape index (κ3) is 2.43. The first-order chi connectivity index (χ1) is 8.80. The van der Waals surface area contributed by atoms with Crippen LogP contribution in [0, 0.1) is 5.82 Å². The highest BCUT2D eigenvalue weighted by molar-refractivity contribution is 7.90. The molecular formula is C12H11ClFNO3S. The van der Waals surface area contributed by atoms with E-state index in [1.807, 2.05) is 0 Å².